The minimum Gasteiger partial charge on any atom is -0.351 e. The van der Waals surface area contributed by atoms with Crippen LogP contribution >= 0.6 is 12.6 Å². The monoisotopic (exact) mass is 241 g/mol. The summed E-state index contributed by atoms with van der Waals surface area (Å²) in [5.74, 6) is -0.292. The van der Waals surface area contributed by atoms with Crippen LogP contribution in [0.25, 0.3) is 0 Å². The number of nitrogens with zero attached hydrogens (tertiary/aromatic N) is 2. The largest absolute Gasteiger partial charge is 0.351 e. The highest BCUT2D eigenvalue weighted by atomic mass is 32.1. The Balaban J connectivity index is 3.07. The van der Waals surface area contributed by atoms with Gasteiger partial charge in [0.1, 0.15) is 12.0 Å². The zero-order valence-electron chi connectivity index (χ0n) is 9.61. The number of para-hydroxylation sites is 1. The molecule has 0 spiro atoms. The molecule has 1 aromatic rings. The number of nitrogens with one attached hydrogen (secondary N) is 1. The molecule has 0 aliphatic heterocycles. The number of rotatable bonds is 4. The number of benzene rings is 1. The Kier molecular flexibility index (Phi) is 4.76. The van der Waals surface area contributed by atoms with Crippen molar-refractivity contribution in [3.05, 3.63) is 24.0 Å². The van der Waals surface area contributed by atoms with Crippen LogP contribution in [0.2, 0.25) is 0 Å². The summed E-state index contributed by atoms with van der Waals surface area (Å²) in [6.07, 6.45) is 1.55. The average molecular weight is 241 g/mol. The molecule has 0 fully saturated rings. The Labute approximate surface area is 101 Å². The third kappa shape index (κ3) is 2.74. The summed E-state index contributed by atoms with van der Waals surface area (Å²) in [5, 5.41) is 3.03. The van der Waals surface area contributed by atoms with Gasteiger partial charge in [-0.1, -0.05) is 6.07 Å². The summed E-state index contributed by atoms with van der Waals surface area (Å²) in [7, 11) is 5.27. The maximum absolute atomic E-state index is 13.7. The van der Waals surface area contributed by atoms with Gasteiger partial charge in [-0.15, -0.1) is 12.6 Å². The van der Waals surface area contributed by atoms with E-state index in [4.69, 9.17) is 0 Å². The zero-order valence-corrected chi connectivity index (χ0v) is 10.5. The molecule has 16 heavy (non-hydrogen) atoms. The molecule has 0 saturated carbocycles. The Bertz CT molecular complexity index is 361. The fourth-order valence-corrected chi connectivity index (χ4v) is 1.85. The second kappa shape index (κ2) is 5.86. The molecule has 1 unspecified atom stereocenters. The number of anilines is 1. The normalized spacial score (nSPS) is 13.1. The van der Waals surface area contributed by atoms with Gasteiger partial charge in [0, 0.05) is 25.2 Å². The predicted octanol–water partition coefficient (Wildman–Crippen LogP) is 1.80. The Morgan fingerprint density at radius 1 is 1.56 bits per heavy atom. The lowest BCUT2D eigenvalue weighted by Gasteiger charge is -2.28. The van der Waals surface area contributed by atoms with Gasteiger partial charge in [-0.25, -0.2) is 4.39 Å². The molecule has 0 bridgehead atoms. The standard InChI is InChI=1S/C11H16FN3S/c1-13-7-10(14-2)15(3)11-8(12)5-4-6-9(11)16/h4-7,10,14,16H,1-3H3/b13-7-. The van der Waals surface area contributed by atoms with Crippen molar-refractivity contribution in [2.45, 2.75) is 11.1 Å². The van der Waals surface area contributed by atoms with Crippen molar-refractivity contribution in [2.24, 2.45) is 4.99 Å². The second-order valence-corrected chi connectivity index (χ2v) is 3.84. The molecule has 1 atom stereocenters. The molecule has 1 rings (SSSR count). The summed E-state index contributed by atoms with van der Waals surface area (Å²) in [6, 6.07) is 4.81. The summed E-state index contributed by atoms with van der Waals surface area (Å²) in [5.41, 5.74) is 0.463. The van der Waals surface area contributed by atoms with Gasteiger partial charge >= 0.3 is 0 Å². The molecule has 88 valence electrons. The van der Waals surface area contributed by atoms with Crippen molar-refractivity contribution >= 4 is 24.5 Å². The van der Waals surface area contributed by atoms with Crippen molar-refractivity contribution in [3.8, 4) is 0 Å². The molecule has 0 aliphatic carbocycles. The van der Waals surface area contributed by atoms with Crippen molar-refractivity contribution in [2.75, 3.05) is 26.0 Å². The number of thiol groups is 1. The Morgan fingerprint density at radius 3 is 2.75 bits per heavy atom. The topological polar surface area (TPSA) is 27.6 Å². The number of halogens is 1. The van der Waals surface area contributed by atoms with E-state index in [1.165, 1.54) is 6.07 Å². The molecular weight excluding hydrogens is 225 g/mol. The van der Waals surface area contributed by atoms with Gasteiger partial charge < -0.3 is 4.90 Å². The van der Waals surface area contributed by atoms with E-state index in [1.54, 1.807) is 44.4 Å². The Hall–Kier alpha value is -1.07. The zero-order chi connectivity index (χ0) is 12.1. The minimum absolute atomic E-state index is 0.159. The van der Waals surface area contributed by atoms with Gasteiger partial charge in [-0.3, -0.25) is 10.3 Å². The smallest absolute Gasteiger partial charge is 0.147 e. The summed E-state index contributed by atoms with van der Waals surface area (Å²) in [4.78, 5) is 6.29. The van der Waals surface area contributed by atoms with E-state index in [-0.39, 0.29) is 12.0 Å². The fraction of sp³-hybridized carbons (Fsp3) is 0.364. The van der Waals surface area contributed by atoms with Crippen LogP contribution in [0.15, 0.2) is 28.1 Å². The first kappa shape index (κ1) is 13.0. The van der Waals surface area contributed by atoms with Gasteiger partial charge in [0.15, 0.2) is 0 Å². The molecule has 3 nitrogen and oxygen atoms in total. The van der Waals surface area contributed by atoms with Crippen LogP contribution in [-0.4, -0.2) is 33.5 Å². The quantitative estimate of drug-likeness (QED) is 0.478. The highest BCUT2D eigenvalue weighted by Crippen LogP contribution is 2.26. The molecule has 0 radical (unpaired) electrons. The predicted molar refractivity (Wildman–Crippen MR) is 69.3 cm³/mol. The van der Waals surface area contributed by atoms with Crippen LogP contribution in [0.3, 0.4) is 0 Å². The van der Waals surface area contributed by atoms with Gasteiger partial charge in [0.05, 0.1) is 5.69 Å². The van der Waals surface area contributed by atoms with E-state index in [2.05, 4.69) is 22.9 Å². The number of aliphatic imine (C=N–C) groups is 1. The first-order chi connectivity index (χ1) is 7.61. The van der Waals surface area contributed by atoms with E-state index >= 15 is 0 Å². The van der Waals surface area contributed by atoms with E-state index in [9.17, 15) is 4.39 Å². The summed E-state index contributed by atoms with van der Waals surface area (Å²) < 4.78 is 13.7. The van der Waals surface area contributed by atoms with Crippen molar-refractivity contribution in [1.29, 1.82) is 0 Å². The minimum atomic E-state index is -0.292. The second-order valence-electron chi connectivity index (χ2n) is 3.36. The van der Waals surface area contributed by atoms with Gasteiger partial charge in [-0.2, -0.15) is 0 Å². The van der Waals surface area contributed by atoms with Crippen LogP contribution in [0.5, 0.6) is 0 Å². The molecule has 0 saturated heterocycles. The van der Waals surface area contributed by atoms with Gasteiger partial charge in [0.2, 0.25) is 0 Å². The molecular formula is C11H16FN3S. The van der Waals surface area contributed by atoms with E-state index < -0.39 is 0 Å². The van der Waals surface area contributed by atoms with Crippen LogP contribution < -0.4 is 10.2 Å². The van der Waals surface area contributed by atoms with Crippen LogP contribution in [0.1, 0.15) is 0 Å². The van der Waals surface area contributed by atoms with Crippen LogP contribution in [-0.2, 0) is 0 Å². The highest BCUT2D eigenvalue weighted by Gasteiger charge is 2.16. The summed E-state index contributed by atoms with van der Waals surface area (Å²) >= 11 is 4.25. The SMILES string of the molecule is C/N=C\C(NC)N(C)c1c(F)cccc1S. The first-order valence-electron chi connectivity index (χ1n) is 4.91. The van der Waals surface area contributed by atoms with Crippen molar-refractivity contribution in [3.63, 3.8) is 0 Å². The van der Waals surface area contributed by atoms with Crippen molar-refractivity contribution in [1.82, 2.24) is 5.32 Å². The van der Waals surface area contributed by atoms with Crippen LogP contribution in [0, 0.1) is 5.82 Å². The van der Waals surface area contributed by atoms with E-state index in [0.717, 1.165) is 0 Å². The average Bonchev–Trinajstić information content (AvgIpc) is 2.25. The maximum atomic E-state index is 13.7. The van der Waals surface area contributed by atoms with Gasteiger partial charge in [0.25, 0.3) is 0 Å². The molecule has 0 heterocycles. The molecule has 0 amide bonds. The molecule has 0 aliphatic rings. The third-order valence-corrected chi connectivity index (χ3v) is 2.68. The number of hydrogen-bond donors (Lipinski definition) is 2. The lowest BCUT2D eigenvalue weighted by Crippen LogP contribution is -2.43. The van der Waals surface area contributed by atoms with Crippen LogP contribution in [0.4, 0.5) is 10.1 Å². The fourth-order valence-electron chi connectivity index (χ4n) is 1.50. The lowest BCUT2D eigenvalue weighted by atomic mass is 10.2. The molecule has 0 aromatic heterocycles. The molecule has 1 N–H and O–H groups in total. The van der Waals surface area contributed by atoms with E-state index in [0.29, 0.717) is 10.6 Å². The lowest BCUT2D eigenvalue weighted by molar-refractivity contribution is 0.603. The molecule has 1 aromatic carbocycles. The Morgan fingerprint density at radius 2 is 2.25 bits per heavy atom. The summed E-state index contributed by atoms with van der Waals surface area (Å²) in [6.45, 7) is 0. The van der Waals surface area contributed by atoms with Gasteiger partial charge in [-0.05, 0) is 19.2 Å². The first-order valence-corrected chi connectivity index (χ1v) is 5.36. The van der Waals surface area contributed by atoms with E-state index in [1.807, 2.05) is 0 Å². The highest BCUT2D eigenvalue weighted by molar-refractivity contribution is 7.80. The number of hydrogen-bond acceptors (Lipinski definition) is 4. The van der Waals surface area contributed by atoms with Crippen molar-refractivity contribution < 1.29 is 4.39 Å². The maximum Gasteiger partial charge on any atom is 0.147 e. The molecule has 5 heteroatoms. The third-order valence-electron chi connectivity index (χ3n) is 2.32.